The summed E-state index contributed by atoms with van der Waals surface area (Å²) in [5.74, 6) is -4.17. The normalized spacial score (nSPS) is 11.3. The summed E-state index contributed by atoms with van der Waals surface area (Å²) >= 11 is 0. The minimum Gasteiger partial charge on any atom is -0.465 e. The van der Waals surface area contributed by atoms with E-state index < -0.39 is 61.0 Å². The number of rotatable bonds is 50. The Morgan fingerprint density at radius 3 is 0.817 bits per heavy atom. The van der Waals surface area contributed by atoms with Gasteiger partial charge in [0, 0.05) is 19.4 Å². The molecule has 0 heterocycles. The smallest absolute Gasteiger partial charge is 0.320 e. The van der Waals surface area contributed by atoms with Crippen molar-refractivity contribution in [2.24, 2.45) is 0 Å². The van der Waals surface area contributed by atoms with E-state index in [2.05, 4.69) is 27.7 Å². The Morgan fingerprint density at radius 1 is 0.324 bits per heavy atom. The van der Waals surface area contributed by atoms with Gasteiger partial charge in [-0.3, -0.25) is 43.4 Å². The molecular weight excluding hydrogens is 915 g/mol. The molecule has 0 saturated heterocycles. The summed E-state index contributed by atoms with van der Waals surface area (Å²) in [5, 5.41) is 0. The zero-order chi connectivity index (χ0) is 52.6. The summed E-state index contributed by atoms with van der Waals surface area (Å²) in [4.78, 5) is 94.8. The first-order valence-corrected chi connectivity index (χ1v) is 27.6. The molecule has 0 aliphatic heterocycles. The van der Waals surface area contributed by atoms with Gasteiger partial charge in [-0.05, 0) is 39.8 Å². The number of carbonyl (C=O) groups is 7. The lowest BCUT2D eigenvalue weighted by Gasteiger charge is -2.22. The van der Waals surface area contributed by atoms with Crippen molar-refractivity contribution >= 4 is 41.8 Å². The third-order valence-corrected chi connectivity index (χ3v) is 11.6. The summed E-state index contributed by atoms with van der Waals surface area (Å²) < 4.78 is 38.5. The Balaban J connectivity index is 5.54. The maximum Gasteiger partial charge on any atom is 0.320 e. The predicted octanol–water partition coefficient (Wildman–Crippen LogP) is 8.94. The summed E-state index contributed by atoms with van der Waals surface area (Å²) in [6, 6.07) is 0. The van der Waals surface area contributed by atoms with Gasteiger partial charge < -0.3 is 38.1 Å². The molecule has 0 aliphatic rings. The predicted molar refractivity (Wildman–Crippen MR) is 274 cm³/mol. The lowest BCUT2D eigenvalue weighted by Crippen LogP contribution is -2.40. The van der Waals surface area contributed by atoms with E-state index in [1.54, 1.807) is 0 Å². The van der Waals surface area contributed by atoms with Crippen molar-refractivity contribution < 1.29 is 66.7 Å². The molecule has 0 amide bonds. The van der Waals surface area contributed by atoms with Crippen molar-refractivity contribution in [3.05, 3.63) is 0 Å². The van der Waals surface area contributed by atoms with Crippen LogP contribution in [0.15, 0.2) is 0 Å². The number of ether oxygens (including phenoxy) is 7. The minimum atomic E-state index is -0.805. The molecule has 414 valence electrons. The third kappa shape index (κ3) is 45.8. The van der Waals surface area contributed by atoms with E-state index >= 15 is 0 Å². The first kappa shape index (κ1) is 67.2. The van der Waals surface area contributed by atoms with Crippen molar-refractivity contribution in [1.82, 2.24) is 14.7 Å². The van der Waals surface area contributed by atoms with Gasteiger partial charge in [0.15, 0.2) is 0 Å². The number of hydrogen-bond acceptors (Lipinski definition) is 17. The van der Waals surface area contributed by atoms with E-state index in [0.717, 1.165) is 128 Å². The maximum atomic E-state index is 13.2. The van der Waals surface area contributed by atoms with Crippen molar-refractivity contribution in [2.45, 2.75) is 207 Å². The van der Waals surface area contributed by atoms with Gasteiger partial charge in [0.05, 0.1) is 85.3 Å². The molecule has 17 nitrogen and oxygen atoms in total. The van der Waals surface area contributed by atoms with Crippen molar-refractivity contribution in [2.75, 3.05) is 99.5 Å². The third-order valence-electron chi connectivity index (χ3n) is 11.6. The lowest BCUT2D eigenvalue weighted by molar-refractivity contribution is -0.154. The van der Waals surface area contributed by atoms with Gasteiger partial charge >= 0.3 is 41.8 Å². The average Bonchev–Trinajstić information content (AvgIpc) is 3.32. The second-order valence-corrected chi connectivity index (χ2v) is 18.9. The Morgan fingerprint density at radius 2 is 0.563 bits per heavy atom. The number of carbonyl (C=O) groups excluding carboxylic acids is 7. The van der Waals surface area contributed by atoms with Gasteiger partial charge in [-0.1, -0.05) is 156 Å². The molecule has 0 aliphatic carbocycles. The molecule has 0 saturated carbocycles. The van der Waals surface area contributed by atoms with E-state index in [-0.39, 0.29) is 85.1 Å². The van der Waals surface area contributed by atoms with Crippen LogP contribution in [0.4, 0.5) is 0 Å². The molecule has 0 N–H and O–H groups in total. The van der Waals surface area contributed by atoms with Crippen LogP contribution in [0, 0.1) is 0 Å². The van der Waals surface area contributed by atoms with Crippen LogP contribution in [0.5, 0.6) is 0 Å². The molecule has 71 heavy (non-hydrogen) atoms. The van der Waals surface area contributed by atoms with Crippen LogP contribution in [0.3, 0.4) is 0 Å². The number of hydrogen-bond donors (Lipinski definition) is 0. The lowest BCUT2D eigenvalue weighted by atomic mass is 10.1. The Bertz CT molecular complexity index is 1230. The molecule has 0 fully saturated rings. The number of esters is 7. The van der Waals surface area contributed by atoms with Crippen LogP contribution in [-0.4, -0.2) is 162 Å². The van der Waals surface area contributed by atoms with Gasteiger partial charge in [-0.2, -0.15) is 0 Å². The molecule has 0 bridgehead atoms. The molecule has 0 radical (unpaired) electrons. The van der Waals surface area contributed by atoms with Gasteiger partial charge in [-0.25, -0.2) is 0 Å². The molecule has 0 unspecified atom stereocenters. The van der Waals surface area contributed by atoms with E-state index in [4.69, 9.17) is 33.2 Å². The fraction of sp³-hybridized carbons (Fsp3) is 0.870. The van der Waals surface area contributed by atoms with Gasteiger partial charge in [-0.15, -0.1) is 0 Å². The number of unbranched alkanes of at least 4 members (excludes halogenated alkanes) is 20. The highest BCUT2D eigenvalue weighted by Gasteiger charge is 2.24. The average molecular weight is 1010 g/mol. The van der Waals surface area contributed by atoms with Gasteiger partial charge in [0.25, 0.3) is 0 Å². The molecule has 17 heteroatoms. The summed E-state index contributed by atoms with van der Waals surface area (Å²) in [6.45, 7) is 7.64. The SMILES string of the molecule is CCCCCCCCOC(=O)CN(CC(=O)OCCCCCCCC)CC(=O)OCCC(CCOC(=O)CN(CC(=O)OCCCCCCCC)CC(=O)OCCCCCCCC)OC(=O)CCN(C)C. The van der Waals surface area contributed by atoms with E-state index in [0.29, 0.717) is 6.54 Å². The topological polar surface area (TPSA) is 194 Å². The van der Waals surface area contributed by atoms with Gasteiger partial charge in [0.2, 0.25) is 0 Å². The van der Waals surface area contributed by atoms with E-state index in [9.17, 15) is 33.6 Å². The second-order valence-electron chi connectivity index (χ2n) is 18.9. The van der Waals surface area contributed by atoms with E-state index in [1.165, 1.54) is 35.5 Å². The quantitative estimate of drug-likeness (QED) is 0.0318. The van der Waals surface area contributed by atoms with Crippen molar-refractivity contribution in [3.63, 3.8) is 0 Å². The molecule has 0 spiro atoms. The van der Waals surface area contributed by atoms with Crippen LogP contribution < -0.4 is 0 Å². The fourth-order valence-corrected chi connectivity index (χ4v) is 7.41. The minimum absolute atomic E-state index is 0.0681. The molecular formula is C54H99N3O14. The van der Waals surface area contributed by atoms with Crippen LogP contribution in [0.25, 0.3) is 0 Å². The van der Waals surface area contributed by atoms with Gasteiger partial charge in [0.1, 0.15) is 6.10 Å². The first-order chi connectivity index (χ1) is 34.3. The molecule has 0 rings (SSSR count). The molecule has 0 aromatic rings. The molecule has 0 aromatic heterocycles. The van der Waals surface area contributed by atoms with Crippen LogP contribution >= 0.6 is 0 Å². The largest absolute Gasteiger partial charge is 0.465 e. The first-order valence-electron chi connectivity index (χ1n) is 27.6. The Hall–Kier alpha value is -3.83. The van der Waals surface area contributed by atoms with Crippen LogP contribution in [0.1, 0.15) is 201 Å². The van der Waals surface area contributed by atoms with Crippen molar-refractivity contribution in [3.8, 4) is 0 Å². The zero-order valence-electron chi connectivity index (χ0n) is 45.4. The van der Waals surface area contributed by atoms with Crippen LogP contribution in [-0.2, 0) is 66.7 Å². The van der Waals surface area contributed by atoms with Crippen LogP contribution in [0.2, 0.25) is 0 Å². The summed E-state index contributed by atoms with van der Waals surface area (Å²) in [7, 11) is 3.65. The number of nitrogens with zero attached hydrogens (tertiary/aromatic N) is 3. The monoisotopic (exact) mass is 1010 g/mol. The zero-order valence-corrected chi connectivity index (χ0v) is 45.4. The molecule has 0 atom stereocenters. The van der Waals surface area contributed by atoms with Crippen molar-refractivity contribution in [1.29, 1.82) is 0 Å². The molecule has 0 aromatic carbocycles. The summed E-state index contributed by atoms with van der Waals surface area (Å²) in [6.07, 6.45) is 24.1. The summed E-state index contributed by atoms with van der Waals surface area (Å²) in [5.41, 5.74) is 0. The standard InChI is InChI=1S/C54H99N3O14/c1-7-11-15-19-23-27-35-65-49(59)41-56(42-50(60)66-36-28-24-20-16-12-8-2)45-53(63)69-39-32-47(71-48(58)31-34-55(5)6)33-40-70-54(64)46-57(43-51(61)67-37-29-25-21-17-13-9-3)44-52(62)68-38-30-26-22-18-14-10-4/h47H,7-46H2,1-6H3. The maximum absolute atomic E-state index is 13.2. The highest BCUT2D eigenvalue weighted by molar-refractivity contribution is 5.79. The second kappa shape index (κ2) is 48.4. The highest BCUT2D eigenvalue weighted by atomic mass is 16.6. The van der Waals surface area contributed by atoms with E-state index in [1.807, 2.05) is 19.0 Å². The Labute approximate surface area is 428 Å². The fourth-order valence-electron chi connectivity index (χ4n) is 7.41. The Kier molecular flexibility index (Phi) is 45.8. The highest BCUT2D eigenvalue weighted by Crippen LogP contribution is 2.11.